The zero-order chi connectivity index (χ0) is 18.4. The fourth-order valence-corrected chi connectivity index (χ4v) is 3.15. The molecule has 0 saturated heterocycles. The van der Waals surface area contributed by atoms with Gasteiger partial charge in [-0.2, -0.15) is 0 Å². The number of aliphatic hydroxyl groups is 1. The zero-order valence-electron chi connectivity index (χ0n) is 15.6. The van der Waals surface area contributed by atoms with Gasteiger partial charge in [0.05, 0.1) is 18.5 Å². The molecule has 1 heterocycles. The molecule has 136 valence electrons. The molecule has 1 aromatic heterocycles. The number of anilines is 3. The molecular weight excluding hydrogens is 322 g/mol. The van der Waals surface area contributed by atoms with Gasteiger partial charge in [0.1, 0.15) is 5.82 Å². The van der Waals surface area contributed by atoms with Crippen molar-refractivity contribution in [3.05, 3.63) is 60.3 Å². The van der Waals surface area contributed by atoms with Gasteiger partial charge in [-0.3, -0.25) is 0 Å². The lowest BCUT2D eigenvalue weighted by molar-refractivity contribution is 0.304. The topological polar surface area (TPSA) is 48.4 Å². The van der Waals surface area contributed by atoms with Crippen LogP contribution in [-0.4, -0.2) is 30.3 Å². The number of aryl methyl sites for hydroxylation is 1. The molecule has 0 atom stereocenters. The van der Waals surface area contributed by atoms with E-state index >= 15 is 0 Å². The summed E-state index contributed by atoms with van der Waals surface area (Å²) in [5, 5.41) is 15.0. The molecule has 4 heteroatoms. The van der Waals surface area contributed by atoms with E-state index < -0.39 is 0 Å². The number of likely N-dealkylation sites (N-methyl/N-ethyl adjacent to an activating group) is 1. The summed E-state index contributed by atoms with van der Waals surface area (Å²) in [6, 6.07) is 16.8. The van der Waals surface area contributed by atoms with Crippen LogP contribution in [0.5, 0.6) is 0 Å². The number of pyridine rings is 1. The molecule has 0 fully saturated rings. The minimum Gasteiger partial charge on any atom is -0.395 e. The van der Waals surface area contributed by atoms with Gasteiger partial charge >= 0.3 is 0 Å². The Labute approximate surface area is 155 Å². The number of nitrogens with one attached hydrogen (secondary N) is 1. The molecule has 26 heavy (non-hydrogen) atoms. The summed E-state index contributed by atoms with van der Waals surface area (Å²) in [5.74, 6) is 0.908. The lowest BCUT2D eigenvalue weighted by Gasteiger charge is -2.21. The number of aliphatic hydroxyl groups excluding tert-OH is 1. The first-order valence-electron chi connectivity index (χ1n) is 9.28. The van der Waals surface area contributed by atoms with Crippen LogP contribution in [0.3, 0.4) is 0 Å². The highest BCUT2D eigenvalue weighted by Crippen LogP contribution is 2.32. The van der Waals surface area contributed by atoms with Crippen LogP contribution in [0.15, 0.2) is 54.7 Å². The number of rotatable bonds is 8. The predicted octanol–water partition coefficient (Wildman–Crippen LogP) is 4.75. The van der Waals surface area contributed by atoms with E-state index in [4.69, 9.17) is 4.98 Å². The average Bonchev–Trinajstić information content (AvgIpc) is 2.67. The summed E-state index contributed by atoms with van der Waals surface area (Å²) in [7, 11) is 1.97. The number of aromatic nitrogens is 1. The standard InChI is InChI=1S/C22H27N3O/c1-3-4-8-17-11-12-19-20(15-17)22(25(2)13-14-26)23-16-21(19)24-18-9-6-5-7-10-18/h5-7,9-12,15-16,24,26H,3-4,8,13-14H2,1-2H3. The molecule has 4 nitrogen and oxygen atoms in total. The van der Waals surface area contributed by atoms with Crippen LogP contribution < -0.4 is 10.2 Å². The molecule has 0 unspecified atom stereocenters. The van der Waals surface area contributed by atoms with Gasteiger partial charge in [0, 0.05) is 30.1 Å². The van der Waals surface area contributed by atoms with Crippen LogP contribution in [0.4, 0.5) is 17.2 Å². The first-order chi connectivity index (χ1) is 12.7. The molecular formula is C22H27N3O. The van der Waals surface area contributed by atoms with Crippen molar-refractivity contribution in [2.75, 3.05) is 30.4 Å². The van der Waals surface area contributed by atoms with Crippen molar-refractivity contribution in [3.63, 3.8) is 0 Å². The Balaban J connectivity index is 2.05. The van der Waals surface area contributed by atoms with Crippen molar-refractivity contribution in [1.82, 2.24) is 4.98 Å². The Morgan fingerprint density at radius 2 is 1.88 bits per heavy atom. The van der Waals surface area contributed by atoms with Crippen molar-refractivity contribution in [2.45, 2.75) is 26.2 Å². The van der Waals surface area contributed by atoms with Gasteiger partial charge in [0.2, 0.25) is 0 Å². The van der Waals surface area contributed by atoms with Crippen molar-refractivity contribution in [2.24, 2.45) is 0 Å². The highest BCUT2D eigenvalue weighted by molar-refractivity contribution is 6.01. The van der Waals surface area contributed by atoms with Gasteiger partial charge in [0.15, 0.2) is 0 Å². The van der Waals surface area contributed by atoms with Crippen LogP contribution in [0.1, 0.15) is 25.3 Å². The summed E-state index contributed by atoms with van der Waals surface area (Å²) in [5.41, 5.74) is 3.37. The molecule has 3 aromatic rings. The summed E-state index contributed by atoms with van der Waals surface area (Å²) >= 11 is 0. The highest BCUT2D eigenvalue weighted by Gasteiger charge is 2.12. The molecule has 0 radical (unpaired) electrons. The van der Waals surface area contributed by atoms with E-state index in [0.29, 0.717) is 6.54 Å². The Kier molecular flexibility index (Phi) is 6.08. The maximum Gasteiger partial charge on any atom is 0.136 e. The Morgan fingerprint density at radius 3 is 2.62 bits per heavy atom. The van der Waals surface area contributed by atoms with Gasteiger partial charge in [-0.05, 0) is 36.6 Å². The molecule has 0 bridgehead atoms. The molecule has 2 aromatic carbocycles. The summed E-state index contributed by atoms with van der Waals surface area (Å²) < 4.78 is 0. The highest BCUT2D eigenvalue weighted by atomic mass is 16.3. The normalized spacial score (nSPS) is 10.9. The molecule has 0 amide bonds. The van der Waals surface area contributed by atoms with E-state index in [1.54, 1.807) is 0 Å². The molecule has 0 aliphatic rings. The number of nitrogens with zero attached hydrogens (tertiary/aromatic N) is 2. The van der Waals surface area contributed by atoms with Crippen LogP contribution in [0.25, 0.3) is 10.8 Å². The Morgan fingerprint density at radius 1 is 1.08 bits per heavy atom. The number of para-hydroxylation sites is 1. The summed E-state index contributed by atoms with van der Waals surface area (Å²) in [6.45, 7) is 2.89. The largest absolute Gasteiger partial charge is 0.395 e. The van der Waals surface area contributed by atoms with Gasteiger partial charge in [-0.15, -0.1) is 0 Å². The molecule has 3 rings (SSSR count). The minimum atomic E-state index is 0.110. The summed E-state index contributed by atoms with van der Waals surface area (Å²) in [4.78, 5) is 6.71. The van der Waals surface area contributed by atoms with Gasteiger partial charge in [-0.25, -0.2) is 4.98 Å². The SMILES string of the molecule is CCCCc1ccc2c(Nc3ccccc3)cnc(N(C)CCO)c2c1. The van der Waals surface area contributed by atoms with Crippen molar-refractivity contribution in [3.8, 4) is 0 Å². The van der Waals surface area contributed by atoms with E-state index in [9.17, 15) is 5.11 Å². The second-order valence-electron chi connectivity index (χ2n) is 6.62. The van der Waals surface area contributed by atoms with E-state index in [1.807, 2.05) is 48.5 Å². The maximum absolute atomic E-state index is 9.31. The zero-order valence-corrected chi connectivity index (χ0v) is 15.6. The molecule has 0 aliphatic carbocycles. The maximum atomic E-state index is 9.31. The van der Waals surface area contributed by atoms with E-state index in [1.165, 1.54) is 18.4 Å². The number of hydrogen-bond acceptors (Lipinski definition) is 4. The van der Waals surface area contributed by atoms with Crippen molar-refractivity contribution in [1.29, 1.82) is 0 Å². The van der Waals surface area contributed by atoms with Crippen LogP contribution in [0, 0.1) is 0 Å². The first-order valence-corrected chi connectivity index (χ1v) is 9.28. The summed E-state index contributed by atoms with van der Waals surface area (Å²) in [6.07, 6.45) is 5.32. The molecule has 0 aliphatic heterocycles. The fourth-order valence-electron chi connectivity index (χ4n) is 3.15. The monoisotopic (exact) mass is 349 g/mol. The average molecular weight is 349 g/mol. The number of benzene rings is 2. The number of unbranched alkanes of at least 4 members (excludes halogenated alkanes) is 1. The molecule has 0 saturated carbocycles. The first kappa shape index (κ1) is 18.2. The third-order valence-electron chi connectivity index (χ3n) is 4.60. The number of fused-ring (bicyclic) bond motifs is 1. The lowest BCUT2D eigenvalue weighted by atomic mass is 10.0. The quantitative estimate of drug-likeness (QED) is 0.616. The van der Waals surface area contributed by atoms with Crippen LogP contribution in [-0.2, 0) is 6.42 Å². The molecule has 2 N–H and O–H groups in total. The smallest absolute Gasteiger partial charge is 0.136 e. The van der Waals surface area contributed by atoms with E-state index in [-0.39, 0.29) is 6.61 Å². The van der Waals surface area contributed by atoms with Crippen LogP contribution >= 0.6 is 0 Å². The molecule has 0 spiro atoms. The van der Waals surface area contributed by atoms with E-state index in [0.717, 1.165) is 34.4 Å². The fraction of sp³-hybridized carbons (Fsp3) is 0.318. The minimum absolute atomic E-state index is 0.110. The Hall–Kier alpha value is -2.59. The Bertz CT molecular complexity index is 849. The third kappa shape index (κ3) is 4.14. The van der Waals surface area contributed by atoms with Crippen molar-refractivity contribution < 1.29 is 5.11 Å². The lowest BCUT2D eigenvalue weighted by Crippen LogP contribution is -2.22. The van der Waals surface area contributed by atoms with Gasteiger partial charge in [0.25, 0.3) is 0 Å². The van der Waals surface area contributed by atoms with Gasteiger partial charge in [-0.1, -0.05) is 43.7 Å². The third-order valence-corrected chi connectivity index (χ3v) is 4.60. The number of hydrogen-bond donors (Lipinski definition) is 2. The van der Waals surface area contributed by atoms with E-state index in [2.05, 4.69) is 30.4 Å². The predicted molar refractivity (Wildman–Crippen MR) is 110 cm³/mol. The second kappa shape index (κ2) is 8.68. The van der Waals surface area contributed by atoms with Gasteiger partial charge < -0.3 is 15.3 Å². The van der Waals surface area contributed by atoms with Crippen LogP contribution in [0.2, 0.25) is 0 Å². The second-order valence-corrected chi connectivity index (χ2v) is 6.62. The van der Waals surface area contributed by atoms with Crippen molar-refractivity contribution >= 4 is 28.0 Å².